The highest BCUT2D eigenvalue weighted by Gasteiger charge is 2.39. The Balaban J connectivity index is 0.00000225. The van der Waals surface area contributed by atoms with Gasteiger partial charge in [-0.15, -0.1) is 12.4 Å². The molecule has 2 aromatic rings. The lowest BCUT2D eigenvalue weighted by Crippen LogP contribution is -2.49. The highest BCUT2D eigenvalue weighted by Crippen LogP contribution is 2.34. The molecule has 2 fully saturated rings. The molecule has 2 aliphatic rings. The third-order valence-corrected chi connectivity index (χ3v) is 6.00. The minimum Gasteiger partial charge on any atom is -0.348 e. The summed E-state index contributed by atoms with van der Waals surface area (Å²) < 4.78 is 15.2. The van der Waals surface area contributed by atoms with Crippen LogP contribution < -0.4 is 10.7 Å². The van der Waals surface area contributed by atoms with Gasteiger partial charge in [-0.05, 0) is 57.4 Å². The molecule has 0 spiro atoms. The molecule has 2 atom stereocenters. The summed E-state index contributed by atoms with van der Waals surface area (Å²) in [6, 6.07) is 5.05. The van der Waals surface area contributed by atoms with Gasteiger partial charge in [-0.25, -0.2) is 4.39 Å². The van der Waals surface area contributed by atoms with E-state index >= 15 is 0 Å². The third kappa shape index (κ3) is 3.65. The Labute approximate surface area is 169 Å². The Bertz CT molecular complexity index is 934. The zero-order valence-corrected chi connectivity index (χ0v) is 17.0. The molecule has 1 amide bonds. The van der Waals surface area contributed by atoms with E-state index in [0.29, 0.717) is 29.5 Å². The van der Waals surface area contributed by atoms with E-state index in [-0.39, 0.29) is 24.1 Å². The lowest BCUT2D eigenvalue weighted by Gasteiger charge is -2.36. The maximum Gasteiger partial charge on any atom is 0.276 e. The normalized spacial score (nSPS) is 24.2. The van der Waals surface area contributed by atoms with E-state index in [1.165, 1.54) is 18.2 Å². The molecule has 2 aliphatic heterocycles. The molecular weight excluding hydrogens is 383 g/mol. The zero-order chi connectivity index (χ0) is 19.1. The number of nitrogens with zero attached hydrogens (tertiary/aromatic N) is 3. The van der Waals surface area contributed by atoms with Gasteiger partial charge in [0.15, 0.2) is 5.69 Å². The average molecular weight is 409 g/mol. The second-order valence-electron chi connectivity index (χ2n) is 7.75. The molecule has 2 saturated heterocycles. The van der Waals surface area contributed by atoms with E-state index in [9.17, 15) is 14.0 Å². The van der Waals surface area contributed by atoms with Gasteiger partial charge in [0.25, 0.3) is 5.91 Å². The molecule has 1 aromatic carbocycles. The van der Waals surface area contributed by atoms with Crippen molar-refractivity contribution >= 4 is 29.2 Å². The number of hydrogen-bond acceptors (Lipinski definition) is 4. The molecule has 28 heavy (non-hydrogen) atoms. The van der Waals surface area contributed by atoms with Crippen molar-refractivity contribution < 1.29 is 9.18 Å². The Kier molecular flexibility index (Phi) is 6.05. The van der Waals surface area contributed by atoms with Crippen LogP contribution in [0.15, 0.2) is 23.0 Å². The van der Waals surface area contributed by atoms with Crippen molar-refractivity contribution in [3.8, 4) is 0 Å². The number of amides is 1. The molecule has 2 unspecified atom stereocenters. The Morgan fingerprint density at radius 2 is 1.96 bits per heavy atom. The number of fused-ring (bicyclic) bond motifs is 3. The van der Waals surface area contributed by atoms with Crippen LogP contribution in [0.5, 0.6) is 0 Å². The Morgan fingerprint density at radius 1 is 1.29 bits per heavy atom. The smallest absolute Gasteiger partial charge is 0.276 e. The second-order valence-corrected chi connectivity index (χ2v) is 7.75. The summed E-state index contributed by atoms with van der Waals surface area (Å²) in [7, 11) is 2.15. The van der Waals surface area contributed by atoms with E-state index in [1.54, 1.807) is 4.68 Å². The van der Waals surface area contributed by atoms with Crippen LogP contribution in [0.25, 0.3) is 10.9 Å². The summed E-state index contributed by atoms with van der Waals surface area (Å²) in [4.78, 5) is 28.0. The quantitative estimate of drug-likeness (QED) is 0.844. The van der Waals surface area contributed by atoms with Crippen molar-refractivity contribution in [1.82, 2.24) is 20.0 Å². The van der Waals surface area contributed by atoms with Gasteiger partial charge in [-0.1, -0.05) is 6.92 Å². The number of hydrogen-bond donors (Lipinski definition) is 1. The van der Waals surface area contributed by atoms with Crippen molar-refractivity contribution in [1.29, 1.82) is 0 Å². The van der Waals surface area contributed by atoms with Gasteiger partial charge in [0.05, 0.1) is 5.52 Å². The van der Waals surface area contributed by atoms with Gasteiger partial charge in [0, 0.05) is 30.1 Å². The summed E-state index contributed by atoms with van der Waals surface area (Å²) in [5, 5.41) is 7.63. The fraction of sp³-hybridized carbons (Fsp3) is 0.550. The van der Waals surface area contributed by atoms with Crippen molar-refractivity contribution in [2.45, 2.75) is 63.7 Å². The van der Waals surface area contributed by atoms with Crippen molar-refractivity contribution in [2.75, 3.05) is 7.05 Å². The first-order valence-electron chi connectivity index (χ1n) is 9.71. The van der Waals surface area contributed by atoms with Gasteiger partial charge in [0.2, 0.25) is 5.43 Å². The third-order valence-electron chi connectivity index (χ3n) is 6.00. The first kappa shape index (κ1) is 20.7. The minimum atomic E-state index is -0.439. The fourth-order valence-electron chi connectivity index (χ4n) is 4.57. The molecule has 1 aromatic heterocycles. The molecular formula is C20H26ClFN4O2. The molecule has 152 valence electrons. The SMILES string of the molecule is CCCn1nc(C(=O)NC2CC3CCC(C2)N3C)c(=O)c2ccc(F)cc21.Cl. The van der Waals surface area contributed by atoms with E-state index in [4.69, 9.17) is 0 Å². The number of carbonyl (C=O) groups excluding carboxylic acids is 1. The number of rotatable bonds is 4. The molecule has 0 aliphatic carbocycles. The Hall–Kier alpha value is -1.99. The van der Waals surface area contributed by atoms with Gasteiger partial charge in [0.1, 0.15) is 5.82 Å². The van der Waals surface area contributed by atoms with Crippen LogP contribution >= 0.6 is 12.4 Å². The molecule has 0 saturated carbocycles. The van der Waals surface area contributed by atoms with Crippen LogP contribution in [0.2, 0.25) is 0 Å². The lowest BCUT2D eigenvalue weighted by molar-refractivity contribution is 0.0874. The van der Waals surface area contributed by atoms with E-state index in [1.807, 2.05) is 6.92 Å². The van der Waals surface area contributed by atoms with Gasteiger partial charge >= 0.3 is 0 Å². The summed E-state index contributed by atoms with van der Waals surface area (Å²) in [5.41, 5.74) is -0.115. The molecule has 6 nitrogen and oxygen atoms in total. The summed E-state index contributed by atoms with van der Waals surface area (Å²) in [6.07, 6.45) is 4.90. The number of carbonyl (C=O) groups is 1. The van der Waals surface area contributed by atoms with E-state index in [2.05, 4.69) is 22.4 Å². The lowest BCUT2D eigenvalue weighted by atomic mass is 9.98. The monoisotopic (exact) mass is 408 g/mol. The van der Waals surface area contributed by atoms with Crippen LogP contribution in [0, 0.1) is 5.82 Å². The van der Waals surface area contributed by atoms with Gasteiger partial charge in [-0.2, -0.15) is 5.10 Å². The standard InChI is InChI=1S/C20H25FN4O2.ClH/c1-3-8-25-17-9-12(21)4-7-16(17)19(26)18(23-25)20(27)22-13-10-14-5-6-15(11-13)24(14)2;/h4,7,9,13-15H,3,5-6,8,10-11H2,1-2H3,(H,22,27);1H. The largest absolute Gasteiger partial charge is 0.348 e. The molecule has 2 bridgehead atoms. The van der Waals surface area contributed by atoms with Crippen LogP contribution in [0.1, 0.15) is 49.5 Å². The summed E-state index contributed by atoms with van der Waals surface area (Å²) in [5.74, 6) is -0.849. The number of aromatic nitrogens is 2. The average Bonchev–Trinajstić information content (AvgIpc) is 2.85. The van der Waals surface area contributed by atoms with Crippen molar-refractivity contribution in [2.24, 2.45) is 0 Å². The first-order chi connectivity index (χ1) is 13.0. The van der Waals surface area contributed by atoms with Crippen LogP contribution in [0.3, 0.4) is 0 Å². The second kappa shape index (κ2) is 8.17. The van der Waals surface area contributed by atoms with Crippen LogP contribution in [0.4, 0.5) is 4.39 Å². The predicted molar refractivity (Wildman–Crippen MR) is 109 cm³/mol. The number of halogens is 2. The van der Waals surface area contributed by atoms with E-state index in [0.717, 1.165) is 32.1 Å². The van der Waals surface area contributed by atoms with Crippen molar-refractivity contribution in [3.05, 3.63) is 39.9 Å². The van der Waals surface area contributed by atoms with Gasteiger partial charge in [-0.3, -0.25) is 14.3 Å². The summed E-state index contributed by atoms with van der Waals surface area (Å²) in [6.45, 7) is 2.48. The number of nitrogens with one attached hydrogen (secondary N) is 1. The predicted octanol–water partition coefficient (Wildman–Crippen LogP) is 2.72. The van der Waals surface area contributed by atoms with Crippen molar-refractivity contribution in [3.63, 3.8) is 0 Å². The molecule has 3 heterocycles. The maximum absolute atomic E-state index is 13.6. The number of benzene rings is 1. The first-order valence-corrected chi connectivity index (χ1v) is 9.71. The molecule has 4 rings (SSSR count). The zero-order valence-electron chi connectivity index (χ0n) is 16.2. The number of piperidine rings is 1. The highest BCUT2D eigenvalue weighted by atomic mass is 35.5. The van der Waals surface area contributed by atoms with Crippen LogP contribution in [-0.2, 0) is 6.54 Å². The van der Waals surface area contributed by atoms with Crippen LogP contribution in [-0.4, -0.2) is 45.8 Å². The van der Waals surface area contributed by atoms with Gasteiger partial charge < -0.3 is 10.2 Å². The topological polar surface area (TPSA) is 67.2 Å². The number of aryl methyl sites for hydroxylation is 1. The molecule has 8 heteroatoms. The van der Waals surface area contributed by atoms with E-state index < -0.39 is 17.2 Å². The fourth-order valence-corrected chi connectivity index (χ4v) is 4.57. The maximum atomic E-state index is 13.6. The molecule has 0 radical (unpaired) electrons. The molecule has 1 N–H and O–H groups in total. The highest BCUT2D eigenvalue weighted by molar-refractivity contribution is 5.95. The minimum absolute atomic E-state index is 0. The Morgan fingerprint density at radius 3 is 2.61 bits per heavy atom. The summed E-state index contributed by atoms with van der Waals surface area (Å²) >= 11 is 0.